The fourth-order valence-electron chi connectivity index (χ4n) is 3.74. The molecule has 0 spiro atoms. The van der Waals surface area contributed by atoms with Gasteiger partial charge in [0.1, 0.15) is 0 Å². The van der Waals surface area contributed by atoms with E-state index in [1.54, 1.807) is 5.57 Å². The molecule has 0 amide bonds. The number of rotatable bonds is 1. The average Bonchev–Trinajstić information content (AvgIpc) is 2.70. The van der Waals surface area contributed by atoms with Crippen molar-refractivity contribution in [3.05, 3.63) is 23.0 Å². The zero-order valence-electron chi connectivity index (χ0n) is 10.3. The second-order valence-electron chi connectivity index (χ2n) is 5.37. The van der Waals surface area contributed by atoms with Crippen LogP contribution in [0.2, 0.25) is 0 Å². The molecule has 88 valence electrons. The molecule has 1 nitrogen and oxygen atoms in total. The molecule has 1 aliphatic heterocycles. The summed E-state index contributed by atoms with van der Waals surface area (Å²) in [5, 5.41) is 0. The zero-order chi connectivity index (χ0) is 11.1. The molecule has 1 heterocycles. The highest BCUT2D eigenvalue weighted by atomic mass is 31.1. The van der Waals surface area contributed by atoms with Crippen molar-refractivity contribution >= 4 is 7.92 Å². The first kappa shape index (κ1) is 10.8. The molecule has 3 rings (SSSR count). The smallest absolute Gasteiger partial charge is 0.0959 e. The van der Waals surface area contributed by atoms with Crippen molar-refractivity contribution in [3.63, 3.8) is 0 Å². The molecule has 1 fully saturated rings. The molecule has 0 N–H and O–H groups in total. The zero-order valence-corrected chi connectivity index (χ0v) is 11.2. The Labute approximate surface area is 99.7 Å². The first-order chi connectivity index (χ1) is 7.79. The molecule has 2 heteroatoms. The van der Waals surface area contributed by atoms with Crippen LogP contribution in [0.3, 0.4) is 0 Å². The number of allylic oxidation sites excluding steroid dienone is 3. The largest absolute Gasteiger partial charge is 0.501 e. The van der Waals surface area contributed by atoms with Gasteiger partial charge in [0.25, 0.3) is 0 Å². The summed E-state index contributed by atoms with van der Waals surface area (Å²) in [5.41, 5.74) is 4.60. The van der Waals surface area contributed by atoms with Gasteiger partial charge in [-0.25, -0.2) is 0 Å². The lowest BCUT2D eigenvalue weighted by atomic mass is 9.76. The van der Waals surface area contributed by atoms with E-state index in [4.69, 9.17) is 4.74 Å². The maximum absolute atomic E-state index is 5.40. The van der Waals surface area contributed by atoms with Crippen LogP contribution in [0.4, 0.5) is 0 Å². The Balaban J connectivity index is 1.84. The van der Waals surface area contributed by atoms with Gasteiger partial charge in [-0.3, -0.25) is 0 Å². The van der Waals surface area contributed by atoms with Crippen LogP contribution in [0, 0.1) is 5.92 Å². The minimum Gasteiger partial charge on any atom is -0.501 e. The van der Waals surface area contributed by atoms with E-state index in [1.165, 1.54) is 37.6 Å². The van der Waals surface area contributed by atoms with E-state index in [9.17, 15) is 0 Å². The van der Waals surface area contributed by atoms with Gasteiger partial charge in [-0.05, 0) is 56.2 Å². The molecule has 0 bridgehead atoms. The van der Waals surface area contributed by atoms with Crippen molar-refractivity contribution in [2.24, 2.45) is 5.92 Å². The van der Waals surface area contributed by atoms with Crippen LogP contribution >= 0.6 is 7.92 Å². The molecule has 0 saturated carbocycles. The number of methoxy groups -OCH3 is 1. The standard InChI is InChI=1S/C14H21OP/c1-15-11-4-5-12-10(9-11)3-6-14-13(12)7-8-16(14)2/h4,13-14H,3,5-9H2,1-2H3/t13-,14+,16?/m0/s1. The summed E-state index contributed by atoms with van der Waals surface area (Å²) >= 11 is 0. The lowest BCUT2D eigenvalue weighted by molar-refractivity contribution is 0.276. The molecule has 2 aliphatic carbocycles. The number of hydrogen-bond donors (Lipinski definition) is 0. The van der Waals surface area contributed by atoms with Crippen molar-refractivity contribution in [3.8, 4) is 0 Å². The van der Waals surface area contributed by atoms with Gasteiger partial charge in [0.15, 0.2) is 0 Å². The molecule has 3 aliphatic rings. The summed E-state index contributed by atoms with van der Waals surface area (Å²) in [6, 6.07) is 0. The Hall–Kier alpha value is -0.290. The van der Waals surface area contributed by atoms with Gasteiger partial charge in [-0.1, -0.05) is 11.1 Å². The highest BCUT2D eigenvalue weighted by molar-refractivity contribution is 7.58. The monoisotopic (exact) mass is 236 g/mol. The van der Waals surface area contributed by atoms with Crippen LogP contribution in [0.25, 0.3) is 0 Å². The van der Waals surface area contributed by atoms with Gasteiger partial charge in [-0.15, -0.1) is 7.92 Å². The van der Waals surface area contributed by atoms with Gasteiger partial charge in [-0.2, -0.15) is 0 Å². The van der Waals surface area contributed by atoms with Crippen LogP contribution in [-0.4, -0.2) is 25.6 Å². The molecule has 0 aromatic rings. The molecule has 3 atom stereocenters. The second-order valence-corrected chi connectivity index (χ2v) is 7.99. The lowest BCUT2D eigenvalue weighted by Gasteiger charge is -2.35. The van der Waals surface area contributed by atoms with E-state index in [1.807, 2.05) is 12.7 Å². The molecule has 0 aromatic carbocycles. The fourth-order valence-corrected chi connectivity index (χ4v) is 6.27. The van der Waals surface area contributed by atoms with Crippen LogP contribution in [0.5, 0.6) is 0 Å². The van der Waals surface area contributed by atoms with Gasteiger partial charge in [0.05, 0.1) is 12.9 Å². The van der Waals surface area contributed by atoms with E-state index in [2.05, 4.69) is 12.7 Å². The van der Waals surface area contributed by atoms with Gasteiger partial charge < -0.3 is 4.74 Å². The third-order valence-electron chi connectivity index (χ3n) is 4.67. The second kappa shape index (κ2) is 4.18. The summed E-state index contributed by atoms with van der Waals surface area (Å²) in [5.74, 6) is 2.16. The average molecular weight is 236 g/mol. The molecular formula is C14H21OP. The minimum atomic E-state index is 0.344. The molecular weight excluding hydrogens is 215 g/mol. The quantitative estimate of drug-likeness (QED) is 0.495. The van der Waals surface area contributed by atoms with Crippen molar-refractivity contribution in [1.82, 2.24) is 0 Å². The van der Waals surface area contributed by atoms with E-state index in [-0.39, 0.29) is 0 Å². The van der Waals surface area contributed by atoms with E-state index in [0.29, 0.717) is 7.92 Å². The highest BCUT2D eigenvalue weighted by Crippen LogP contribution is 2.58. The molecule has 0 aromatic heterocycles. The van der Waals surface area contributed by atoms with Crippen molar-refractivity contribution in [2.45, 2.75) is 37.8 Å². The van der Waals surface area contributed by atoms with Crippen LogP contribution in [0.1, 0.15) is 32.1 Å². The molecule has 1 unspecified atom stereocenters. The third-order valence-corrected chi connectivity index (χ3v) is 7.38. The Morgan fingerprint density at radius 2 is 2.25 bits per heavy atom. The minimum absolute atomic E-state index is 0.344. The number of hydrogen-bond acceptors (Lipinski definition) is 1. The van der Waals surface area contributed by atoms with Gasteiger partial charge in [0, 0.05) is 6.42 Å². The first-order valence-corrected chi connectivity index (χ1v) is 8.48. The SMILES string of the molecule is COC1=CCC2=C(CC[C@@H]3[C@H]2CCP3C)C1. The summed E-state index contributed by atoms with van der Waals surface area (Å²) in [4.78, 5) is 0. The molecule has 1 saturated heterocycles. The maximum atomic E-state index is 5.40. The Kier molecular flexibility index (Phi) is 2.83. The van der Waals surface area contributed by atoms with Crippen molar-refractivity contribution in [2.75, 3.05) is 19.9 Å². The summed E-state index contributed by atoms with van der Waals surface area (Å²) < 4.78 is 5.40. The lowest BCUT2D eigenvalue weighted by Crippen LogP contribution is -2.23. The predicted octanol–water partition coefficient (Wildman–Crippen LogP) is 3.90. The normalized spacial score (nSPS) is 37.9. The van der Waals surface area contributed by atoms with E-state index < -0.39 is 0 Å². The Morgan fingerprint density at radius 3 is 3.06 bits per heavy atom. The van der Waals surface area contributed by atoms with Crippen LogP contribution in [0.15, 0.2) is 23.0 Å². The van der Waals surface area contributed by atoms with E-state index >= 15 is 0 Å². The predicted molar refractivity (Wildman–Crippen MR) is 70.2 cm³/mol. The van der Waals surface area contributed by atoms with Crippen molar-refractivity contribution in [1.29, 1.82) is 0 Å². The Morgan fingerprint density at radius 1 is 1.38 bits per heavy atom. The summed E-state index contributed by atoms with van der Waals surface area (Å²) in [6.07, 6.45) is 10.4. The topological polar surface area (TPSA) is 9.23 Å². The van der Waals surface area contributed by atoms with Gasteiger partial charge in [0.2, 0.25) is 0 Å². The molecule has 16 heavy (non-hydrogen) atoms. The van der Waals surface area contributed by atoms with E-state index in [0.717, 1.165) is 18.0 Å². The fraction of sp³-hybridized carbons (Fsp3) is 0.714. The van der Waals surface area contributed by atoms with Crippen LogP contribution in [-0.2, 0) is 4.74 Å². The van der Waals surface area contributed by atoms with Gasteiger partial charge >= 0.3 is 0 Å². The number of fused-ring (bicyclic) bond motifs is 2. The van der Waals surface area contributed by atoms with Crippen molar-refractivity contribution < 1.29 is 4.74 Å². The molecule has 0 radical (unpaired) electrons. The maximum Gasteiger partial charge on any atom is 0.0959 e. The first-order valence-electron chi connectivity index (χ1n) is 6.43. The highest BCUT2D eigenvalue weighted by Gasteiger charge is 2.39. The summed E-state index contributed by atoms with van der Waals surface area (Å²) in [6.45, 7) is 2.52. The third kappa shape index (κ3) is 1.64. The number of ether oxygens (including phenoxy) is 1. The Bertz CT molecular complexity index is 356. The van der Waals surface area contributed by atoms with Crippen LogP contribution < -0.4 is 0 Å². The summed E-state index contributed by atoms with van der Waals surface area (Å²) in [7, 11) is 2.15.